The van der Waals surface area contributed by atoms with E-state index in [0.29, 0.717) is 0 Å². The molecule has 100 valence electrons. The fraction of sp³-hybridized carbons (Fsp3) is 0.273. The highest BCUT2D eigenvalue weighted by Gasteiger charge is 2.27. The van der Waals surface area contributed by atoms with Gasteiger partial charge in [0.25, 0.3) is 0 Å². The van der Waals surface area contributed by atoms with Crippen molar-refractivity contribution in [3.05, 3.63) is 17.8 Å². The smallest absolute Gasteiger partial charge is 0.339 e. The van der Waals surface area contributed by atoms with E-state index < -0.39 is 17.9 Å². The van der Waals surface area contributed by atoms with E-state index in [9.17, 15) is 14.4 Å². The standard InChI is InChI=1S/C11H12N4O4/c12-5-3-6(11(18)19)9(13-4-5)14-7-1-2-8(16)15-10(7)17/h3-4,7H,1-2,12H2,(H,13,14)(H,18,19)(H,15,16,17). The van der Waals surface area contributed by atoms with Crippen LogP contribution in [-0.2, 0) is 9.59 Å². The highest BCUT2D eigenvalue weighted by Crippen LogP contribution is 2.18. The summed E-state index contributed by atoms with van der Waals surface area (Å²) in [4.78, 5) is 37.5. The average Bonchev–Trinajstić information content (AvgIpc) is 2.34. The summed E-state index contributed by atoms with van der Waals surface area (Å²) >= 11 is 0. The van der Waals surface area contributed by atoms with Crippen molar-refractivity contribution >= 4 is 29.3 Å². The van der Waals surface area contributed by atoms with Crippen LogP contribution >= 0.6 is 0 Å². The van der Waals surface area contributed by atoms with Crippen LogP contribution < -0.4 is 16.4 Å². The summed E-state index contributed by atoms with van der Waals surface area (Å²) < 4.78 is 0. The van der Waals surface area contributed by atoms with Crippen molar-refractivity contribution in [3.8, 4) is 0 Å². The van der Waals surface area contributed by atoms with Crippen LogP contribution in [0.2, 0.25) is 0 Å². The lowest BCUT2D eigenvalue weighted by molar-refractivity contribution is -0.133. The Hall–Kier alpha value is -2.64. The number of anilines is 2. The summed E-state index contributed by atoms with van der Waals surface area (Å²) in [6, 6.07) is 0.565. The Morgan fingerprint density at radius 1 is 1.53 bits per heavy atom. The Balaban J connectivity index is 2.21. The number of pyridine rings is 1. The van der Waals surface area contributed by atoms with Gasteiger partial charge in [0, 0.05) is 6.42 Å². The number of nitrogens with zero attached hydrogens (tertiary/aromatic N) is 1. The van der Waals surface area contributed by atoms with Gasteiger partial charge in [-0.05, 0) is 12.5 Å². The van der Waals surface area contributed by atoms with E-state index in [0.717, 1.165) is 0 Å². The van der Waals surface area contributed by atoms with E-state index in [4.69, 9.17) is 10.8 Å². The molecule has 0 bridgehead atoms. The van der Waals surface area contributed by atoms with Crippen LogP contribution in [0.4, 0.5) is 11.5 Å². The van der Waals surface area contributed by atoms with Gasteiger partial charge in [-0.2, -0.15) is 0 Å². The lowest BCUT2D eigenvalue weighted by Gasteiger charge is -2.22. The molecule has 1 aliphatic heterocycles. The number of rotatable bonds is 3. The van der Waals surface area contributed by atoms with Gasteiger partial charge >= 0.3 is 5.97 Å². The van der Waals surface area contributed by atoms with Gasteiger partial charge in [0.2, 0.25) is 11.8 Å². The molecule has 0 saturated carbocycles. The number of piperidine rings is 1. The molecular weight excluding hydrogens is 252 g/mol. The van der Waals surface area contributed by atoms with Gasteiger partial charge in [-0.25, -0.2) is 9.78 Å². The zero-order chi connectivity index (χ0) is 14.0. The van der Waals surface area contributed by atoms with Gasteiger partial charge in [0.15, 0.2) is 0 Å². The maximum absolute atomic E-state index is 11.6. The number of hydrogen-bond acceptors (Lipinski definition) is 6. The van der Waals surface area contributed by atoms with E-state index in [1.54, 1.807) is 0 Å². The minimum Gasteiger partial charge on any atom is -0.478 e. The quantitative estimate of drug-likeness (QED) is 0.544. The minimum absolute atomic E-state index is 0.0520. The summed E-state index contributed by atoms with van der Waals surface area (Å²) in [7, 11) is 0. The summed E-state index contributed by atoms with van der Waals surface area (Å²) in [5.74, 6) is -1.98. The van der Waals surface area contributed by atoms with E-state index in [2.05, 4.69) is 15.6 Å². The maximum atomic E-state index is 11.6. The largest absolute Gasteiger partial charge is 0.478 e. The molecule has 8 heteroatoms. The molecule has 0 spiro atoms. The second kappa shape index (κ2) is 4.92. The summed E-state index contributed by atoms with van der Waals surface area (Å²) in [6.45, 7) is 0. The predicted octanol–water partition coefficient (Wildman–Crippen LogP) is -0.421. The molecule has 1 saturated heterocycles. The third-order valence-corrected chi connectivity index (χ3v) is 2.69. The van der Waals surface area contributed by atoms with E-state index >= 15 is 0 Å². The number of carboxylic acids is 1. The second-order valence-electron chi connectivity index (χ2n) is 4.12. The molecule has 1 aliphatic rings. The fourth-order valence-corrected chi connectivity index (χ4v) is 1.76. The van der Waals surface area contributed by atoms with Crippen molar-refractivity contribution in [3.63, 3.8) is 0 Å². The Morgan fingerprint density at radius 2 is 2.26 bits per heavy atom. The van der Waals surface area contributed by atoms with Gasteiger partial charge in [-0.15, -0.1) is 0 Å². The van der Waals surface area contributed by atoms with Gasteiger partial charge in [0.05, 0.1) is 11.9 Å². The molecule has 1 unspecified atom stereocenters. The van der Waals surface area contributed by atoms with E-state index in [1.807, 2.05) is 0 Å². The van der Waals surface area contributed by atoms with Crippen LogP contribution in [0.1, 0.15) is 23.2 Å². The Kier molecular flexibility index (Phi) is 3.32. The fourth-order valence-electron chi connectivity index (χ4n) is 1.76. The molecule has 1 atom stereocenters. The SMILES string of the molecule is Nc1cnc(NC2CCC(=O)NC2=O)c(C(=O)O)c1. The topological polar surface area (TPSA) is 134 Å². The Labute approximate surface area is 108 Å². The van der Waals surface area contributed by atoms with Crippen LogP contribution in [0.3, 0.4) is 0 Å². The molecule has 5 N–H and O–H groups in total. The van der Waals surface area contributed by atoms with Crippen molar-refractivity contribution in [2.24, 2.45) is 0 Å². The Morgan fingerprint density at radius 3 is 2.89 bits per heavy atom. The number of hydrogen-bond donors (Lipinski definition) is 4. The first-order valence-corrected chi connectivity index (χ1v) is 5.56. The van der Waals surface area contributed by atoms with E-state index in [1.165, 1.54) is 12.3 Å². The number of aromatic carboxylic acids is 1. The number of carbonyl (C=O) groups excluding carboxylic acids is 2. The number of nitrogens with two attached hydrogens (primary N) is 1. The van der Waals surface area contributed by atoms with Crippen molar-refractivity contribution in [2.75, 3.05) is 11.1 Å². The molecular formula is C11H12N4O4. The zero-order valence-electron chi connectivity index (χ0n) is 9.84. The van der Waals surface area contributed by atoms with Crippen LogP contribution in [0.15, 0.2) is 12.3 Å². The number of carboxylic acid groups (broad SMARTS) is 1. The molecule has 0 aromatic carbocycles. The Bertz CT molecular complexity index is 558. The van der Waals surface area contributed by atoms with Crippen LogP contribution in [0.25, 0.3) is 0 Å². The number of carbonyl (C=O) groups is 3. The molecule has 2 heterocycles. The number of nitrogen functional groups attached to an aromatic ring is 1. The molecule has 2 amide bonds. The molecule has 2 rings (SSSR count). The highest BCUT2D eigenvalue weighted by molar-refractivity contribution is 6.02. The normalized spacial score (nSPS) is 18.8. The lowest BCUT2D eigenvalue weighted by Crippen LogP contribution is -2.47. The van der Waals surface area contributed by atoms with Crippen LogP contribution in [0.5, 0.6) is 0 Å². The predicted molar refractivity (Wildman–Crippen MR) is 65.4 cm³/mol. The van der Waals surface area contributed by atoms with Crippen LogP contribution in [0, 0.1) is 0 Å². The number of aromatic nitrogens is 1. The van der Waals surface area contributed by atoms with Crippen molar-refractivity contribution < 1.29 is 19.5 Å². The minimum atomic E-state index is -1.20. The molecule has 1 aromatic rings. The van der Waals surface area contributed by atoms with Gasteiger partial charge in [0.1, 0.15) is 17.4 Å². The number of amides is 2. The van der Waals surface area contributed by atoms with Gasteiger partial charge < -0.3 is 16.2 Å². The van der Waals surface area contributed by atoms with Crippen molar-refractivity contribution in [2.45, 2.75) is 18.9 Å². The summed E-state index contributed by atoms with van der Waals surface area (Å²) in [5, 5.41) is 13.9. The first-order valence-electron chi connectivity index (χ1n) is 5.56. The monoisotopic (exact) mass is 264 g/mol. The number of imide groups is 1. The zero-order valence-corrected chi connectivity index (χ0v) is 9.84. The molecule has 8 nitrogen and oxygen atoms in total. The third-order valence-electron chi connectivity index (χ3n) is 2.69. The molecule has 19 heavy (non-hydrogen) atoms. The second-order valence-corrected chi connectivity index (χ2v) is 4.12. The molecule has 0 radical (unpaired) electrons. The van der Waals surface area contributed by atoms with Gasteiger partial charge in [-0.1, -0.05) is 0 Å². The lowest BCUT2D eigenvalue weighted by atomic mass is 10.1. The van der Waals surface area contributed by atoms with Gasteiger partial charge in [-0.3, -0.25) is 14.9 Å². The molecule has 0 aliphatic carbocycles. The molecule has 1 fully saturated rings. The number of nitrogens with one attached hydrogen (secondary N) is 2. The highest BCUT2D eigenvalue weighted by atomic mass is 16.4. The summed E-state index contributed by atoms with van der Waals surface area (Å²) in [6.07, 6.45) is 1.78. The average molecular weight is 264 g/mol. The molecule has 1 aromatic heterocycles. The van der Waals surface area contributed by atoms with Crippen LogP contribution in [-0.4, -0.2) is 33.9 Å². The van der Waals surface area contributed by atoms with Crippen molar-refractivity contribution in [1.82, 2.24) is 10.3 Å². The maximum Gasteiger partial charge on any atom is 0.339 e. The van der Waals surface area contributed by atoms with E-state index in [-0.39, 0.29) is 35.8 Å². The summed E-state index contributed by atoms with van der Waals surface area (Å²) in [5.41, 5.74) is 5.56. The third kappa shape index (κ3) is 2.79. The first kappa shape index (κ1) is 12.8. The van der Waals surface area contributed by atoms with Crippen molar-refractivity contribution in [1.29, 1.82) is 0 Å². The first-order chi connectivity index (χ1) is 8.97.